The van der Waals surface area contributed by atoms with Crippen LogP contribution in [-0.4, -0.2) is 5.11 Å². The Bertz CT molecular complexity index is 497. The van der Waals surface area contributed by atoms with Gasteiger partial charge in [-0.3, -0.25) is 0 Å². The van der Waals surface area contributed by atoms with Gasteiger partial charge in [-0.25, -0.2) is 0 Å². The SMILES string of the molecule is CC1CCC(CCC2CCC(c3ccc(O)c(N)c3)CC2)CC1. The van der Waals surface area contributed by atoms with Crippen molar-refractivity contribution in [1.29, 1.82) is 0 Å². The molecule has 0 aliphatic heterocycles. The van der Waals surface area contributed by atoms with E-state index < -0.39 is 0 Å². The second kappa shape index (κ2) is 7.59. The van der Waals surface area contributed by atoms with E-state index in [1.807, 2.05) is 6.07 Å². The quantitative estimate of drug-likeness (QED) is 0.540. The molecule has 0 aromatic heterocycles. The van der Waals surface area contributed by atoms with Crippen molar-refractivity contribution in [2.45, 2.75) is 77.0 Å². The number of nitrogen functional groups attached to an aromatic ring is 1. The van der Waals surface area contributed by atoms with Crippen LogP contribution in [0.5, 0.6) is 5.75 Å². The summed E-state index contributed by atoms with van der Waals surface area (Å²) < 4.78 is 0. The largest absolute Gasteiger partial charge is 0.506 e. The number of aromatic hydroxyl groups is 1. The summed E-state index contributed by atoms with van der Waals surface area (Å²) in [5.74, 6) is 3.79. The summed E-state index contributed by atoms with van der Waals surface area (Å²) in [5.41, 5.74) is 7.69. The van der Waals surface area contributed by atoms with Crippen molar-refractivity contribution in [3.63, 3.8) is 0 Å². The van der Waals surface area contributed by atoms with Gasteiger partial charge in [-0.2, -0.15) is 0 Å². The van der Waals surface area contributed by atoms with E-state index in [2.05, 4.69) is 13.0 Å². The van der Waals surface area contributed by atoms with E-state index in [0.29, 0.717) is 11.6 Å². The third-order valence-electron chi connectivity index (χ3n) is 6.49. The third kappa shape index (κ3) is 4.43. The molecule has 0 amide bonds. The van der Waals surface area contributed by atoms with Crippen molar-refractivity contribution < 1.29 is 5.11 Å². The van der Waals surface area contributed by atoms with E-state index in [4.69, 9.17) is 5.73 Å². The van der Waals surface area contributed by atoms with Crippen molar-refractivity contribution in [2.24, 2.45) is 17.8 Å². The van der Waals surface area contributed by atoms with Gasteiger partial charge in [-0.15, -0.1) is 0 Å². The summed E-state index contributed by atoms with van der Waals surface area (Å²) in [6.07, 6.45) is 14.1. The first kappa shape index (κ1) is 16.7. The first-order valence-corrected chi connectivity index (χ1v) is 9.70. The van der Waals surface area contributed by atoms with Crippen LogP contribution in [0.2, 0.25) is 0 Å². The van der Waals surface area contributed by atoms with Gasteiger partial charge in [0.25, 0.3) is 0 Å². The highest BCUT2D eigenvalue weighted by molar-refractivity contribution is 5.53. The molecule has 2 heteroatoms. The first-order chi connectivity index (χ1) is 11.1. The van der Waals surface area contributed by atoms with Gasteiger partial charge in [-0.1, -0.05) is 51.5 Å². The number of benzene rings is 1. The van der Waals surface area contributed by atoms with Crippen molar-refractivity contribution in [3.8, 4) is 5.75 Å². The van der Waals surface area contributed by atoms with Crippen LogP contribution in [0.4, 0.5) is 5.69 Å². The number of phenolic OH excluding ortho intramolecular Hbond substituents is 1. The van der Waals surface area contributed by atoms with E-state index in [-0.39, 0.29) is 5.75 Å². The van der Waals surface area contributed by atoms with E-state index in [1.54, 1.807) is 6.07 Å². The third-order valence-corrected chi connectivity index (χ3v) is 6.49. The standard InChI is InChI=1S/C21H33NO/c1-15-2-4-16(5-3-15)6-7-17-8-10-18(11-9-17)19-12-13-21(23)20(22)14-19/h12-18,23H,2-11,22H2,1H3. The minimum absolute atomic E-state index is 0.212. The molecule has 2 nitrogen and oxygen atoms in total. The highest BCUT2D eigenvalue weighted by Crippen LogP contribution is 2.40. The summed E-state index contributed by atoms with van der Waals surface area (Å²) in [6.45, 7) is 2.41. The second-order valence-electron chi connectivity index (χ2n) is 8.24. The zero-order valence-electron chi connectivity index (χ0n) is 14.6. The van der Waals surface area contributed by atoms with Crippen LogP contribution in [0, 0.1) is 17.8 Å². The maximum atomic E-state index is 9.57. The Kier molecular flexibility index (Phi) is 5.50. The number of hydrogen-bond acceptors (Lipinski definition) is 2. The van der Waals surface area contributed by atoms with Crippen LogP contribution in [0.15, 0.2) is 18.2 Å². The molecule has 3 rings (SSSR count). The molecule has 2 aliphatic rings. The minimum atomic E-state index is 0.212. The molecular formula is C21H33NO. The van der Waals surface area contributed by atoms with Crippen LogP contribution >= 0.6 is 0 Å². The molecule has 23 heavy (non-hydrogen) atoms. The molecule has 0 saturated heterocycles. The number of rotatable bonds is 4. The summed E-state index contributed by atoms with van der Waals surface area (Å²) in [6, 6.07) is 5.78. The van der Waals surface area contributed by atoms with Crippen molar-refractivity contribution in [2.75, 3.05) is 5.73 Å². The molecule has 0 unspecified atom stereocenters. The summed E-state index contributed by atoms with van der Waals surface area (Å²) in [7, 11) is 0. The fraction of sp³-hybridized carbons (Fsp3) is 0.714. The number of phenols is 1. The fourth-order valence-electron chi connectivity index (χ4n) is 4.70. The van der Waals surface area contributed by atoms with E-state index in [0.717, 1.165) is 17.8 Å². The monoisotopic (exact) mass is 315 g/mol. The molecule has 0 spiro atoms. The van der Waals surface area contributed by atoms with Gasteiger partial charge in [0.2, 0.25) is 0 Å². The number of nitrogens with two attached hydrogens (primary N) is 1. The Morgan fingerprint density at radius 3 is 2.04 bits per heavy atom. The Balaban J connectivity index is 1.42. The Labute approximate surface area is 141 Å². The van der Waals surface area contributed by atoms with Gasteiger partial charge >= 0.3 is 0 Å². The highest BCUT2D eigenvalue weighted by Gasteiger charge is 2.24. The summed E-state index contributed by atoms with van der Waals surface area (Å²) >= 11 is 0. The zero-order valence-corrected chi connectivity index (χ0v) is 14.6. The molecule has 0 heterocycles. The lowest BCUT2D eigenvalue weighted by Gasteiger charge is -2.31. The van der Waals surface area contributed by atoms with Crippen LogP contribution in [0.3, 0.4) is 0 Å². The van der Waals surface area contributed by atoms with Gasteiger partial charge in [0.15, 0.2) is 0 Å². The Morgan fingerprint density at radius 1 is 0.913 bits per heavy atom. The van der Waals surface area contributed by atoms with E-state index in [1.165, 1.54) is 69.8 Å². The van der Waals surface area contributed by atoms with Crippen molar-refractivity contribution in [1.82, 2.24) is 0 Å². The molecule has 0 bridgehead atoms. The zero-order chi connectivity index (χ0) is 16.2. The lowest BCUT2D eigenvalue weighted by Crippen LogP contribution is -2.17. The van der Waals surface area contributed by atoms with Crippen molar-refractivity contribution in [3.05, 3.63) is 23.8 Å². The van der Waals surface area contributed by atoms with E-state index in [9.17, 15) is 5.11 Å². The molecule has 2 fully saturated rings. The molecule has 1 aromatic carbocycles. The van der Waals surface area contributed by atoms with Crippen LogP contribution in [-0.2, 0) is 0 Å². The molecule has 2 aliphatic carbocycles. The first-order valence-electron chi connectivity index (χ1n) is 9.70. The lowest BCUT2D eigenvalue weighted by molar-refractivity contribution is 0.237. The molecular weight excluding hydrogens is 282 g/mol. The number of anilines is 1. The Morgan fingerprint density at radius 2 is 1.48 bits per heavy atom. The van der Waals surface area contributed by atoms with Gasteiger partial charge in [0, 0.05) is 0 Å². The fourth-order valence-corrected chi connectivity index (χ4v) is 4.70. The van der Waals surface area contributed by atoms with Crippen LogP contribution in [0.1, 0.15) is 82.6 Å². The van der Waals surface area contributed by atoms with Gasteiger partial charge < -0.3 is 10.8 Å². The molecule has 0 atom stereocenters. The average Bonchev–Trinajstić information content (AvgIpc) is 2.57. The Hall–Kier alpha value is -1.18. The second-order valence-corrected chi connectivity index (χ2v) is 8.24. The molecule has 2 saturated carbocycles. The maximum absolute atomic E-state index is 9.57. The topological polar surface area (TPSA) is 46.2 Å². The normalized spacial score (nSPS) is 31.9. The molecule has 1 aromatic rings. The lowest BCUT2D eigenvalue weighted by atomic mass is 9.74. The van der Waals surface area contributed by atoms with Crippen LogP contribution < -0.4 is 5.73 Å². The number of hydrogen-bond donors (Lipinski definition) is 2. The maximum Gasteiger partial charge on any atom is 0.138 e. The summed E-state index contributed by atoms with van der Waals surface area (Å²) in [4.78, 5) is 0. The smallest absolute Gasteiger partial charge is 0.138 e. The average molecular weight is 316 g/mol. The van der Waals surface area contributed by atoms with Gasteiger partial charge in [0.1, 0.15) is 5.75 Å². The molecule has 128 valence electrons. The highest BCUT2D eigenvalue weighted by atomic mass is 16.3. The van der Waals surface area contributed by atoms with Crippen molar-refractivity contribution >= 4 is 5.69 Å². The van der Waals surface area contributed by atoms with Gasteiger partial charge in [0.05, 0.1) is 5.69 Å². The predicted octanol–water partition coefficient (Wildman–Crippen LogP) is 5.85. The van der Waals surface area contributed by atoms with Gasteiger partial charge in [-0.05, 0) is 67.1 Å². The van der Waals surface area contributed by atoms with Crippen LogP contribution in [0.25, 0.3) is 0 Å². The molecule has 0 radical (unpaired) electrons. The van der Waals surface area contributed by atoms with E-state index >= 15 is 0 Å². The minimum Gasteiger partial charge on any atom is -0.506 e. The summed E-state index contributed by atoms with van der Waals surface area (Å²) in [5, 5.41) is 9.57. The predicted molar refractivity (Wildman–Crippen MR) is 97.6 cm³/mol. The molecule has 3 N–H and O–H groups in total.